The Bertz CT molecular complexity index is 1950. The number of fused-ring (bicyclic) bond motifs is 1. The smallest absolute Gasteiger partial charge is 0.417 e. The van der Waals surface area contributed by atoms with Crippen molar-refractivity contribution in [1.82, 2.24) is 14.5 Å². The number of aromatic amines is 1. The first-order valence-corrected chi connectivity index (χ1v) is 13.2. The molecule has 8 nitrogen and oxygen atoms in total. The molecule has 1 N–H and O–H groups in total. The number of esters is 1. The Labute approximate surface area is 244 Å². The number of hydrogen-bond acceptors (Lipinski definition) is 6. The number of hydrogen-bond donors (Lipinski definition) is 1. The van der Waals surface area contributed by atoms with Gasteiger partial charge in [-0.15, -0.1) is 0 Å². The summed E-state index contributed by atoms with van der Waals surface area (Å²) in [7, 11) is 0. The molecule has 0 bridgehead atoms. The van der Waals surface area contributed by atoms with Gasteiger partial charge in [-0.25, -0.2) is 4.79 Å². The van der Waals surface area contributed by atoms with E-state index in [0.717, 1.165) is 21.7 Å². The maximum atomic E-state index is 13.9. The van der Waals surface area contributed by atoms with Crippen molar-refractivity contribution in [3.63, 3.8) is 0 Å². The number of H-pyrrole nitrogens is 1. The number of carbonyl (C=O) groups is 1. The average Bonchev–Trinajstić information content (AvgIpc) is 3.39. The van der Waals surface area contributed by atoms with Crippen LogP contribution in [-0.2, 0) is 17.5 Å². The van der Waals surface area contributed by atoms with Gasteiger partial charge in [0.25, 0.3) is 5.56 Å². The fourth-order valence-corrected chi connectivity index (χ4v) is 4.75. The predicted octanol–water partition coefficient (Wildman–Crippen LogP) is 6.92. The van der Waals surface area contributed by atoms with Crippen LogP contribution in [0.3, 0.4) is 0 Å². The fraction of sp³-hybridized carbons (Fsp3) is 0.188. The molecule has 0 saturated carbocycles. The molecule has 3 aromatic heterocycles. The summed E-state index contributed by atoms with van der Waals surface area (Å²) < 4.78 is 53.9. The second-order valence-corrected chi connectivity index (χ2v) is 9.80. The Hall–Kier alpha value is -5.37. The van der Waals surface area contributed by atoms with Crippen LogP contribution < -0.4 is 10.3 Å². The lowest BCUT2D eigenvalue weighted by Gasteiger charge is -2.18. The van der Waals surface area contributed by atoms with Crippen molar-refractivity contribution in [3.8, 4) is 28.8 Å². The largest absolute Gasteiger partial charge is 0.461 e. The van der Waals surface area contributed by atoms with Crippen LogP contribution in [-0.4, -0.2) is 27.1 Å². The summed E-state index contributed by atoms with van der Waals surface area (Å²) in [6.07, 6.45) is -4.91. The van der Waals surface area contributed by atoms with Gasteiger partial charge in [-0.1, -0.05) is 6.07 Å². The van der Waals surface area contributed by atoms with Crippen LogP contribution in [0.5, 0.6) is 11.5 Å². The second kappa shape index (κ2) is 11.5. The number of carbonyl (C=O) groups excluding carboxylic acids is 1. The standard InChI is InChI=1S/C32H25F3N4O4/c1-4-42-31(41)28-14-22-13-24(11-12-27(22)38-28)43-23-9-7-20(8-10-23)29-15-26(32(33,34)35)25(16-36)30(40)39(29)17-21-6-5-18(2)37-19(21)3/h5-15,38H,4,17H2,1-3H3. The zero-order valence-corrected chi connectivity index (χ0v) is 23.4. The summed E-state index contributed by atoms with van der Waals surface area (Å²) in [6.45, 7) is 5.44. The number of ether oxygens (including phenoxy) is 2. The van der Waals surface area contributed by atoms with Gasteiger partial charge >= 0.3 is 12.1 Å². The summed E-state index contributed by atoms with van der Waals surface area (Å²) in [5, 5.41) is 10.2. The molecule has 0 aliphatic carbocycles. The molecule has 43 heavy (non-hydrogen) atoms. The van der Waals surface area contributed by atoms with Crippen LogP contribution >= 0.6 is 0 Å². The number of nitrogens with zero attached hydrogens (tertiary/aromatic N) is 3. The minimum Gasteiger partial charge on any atom is -0.461 e. The number of benzene rings is 2. The van der Waals surface area contributed by atoms with Crippen molar-refractivity contribution >= 4 is 16.9 Å². The van der Waals surface area contributed by atoms with E-state index in [-0.39, 0.29) is 18.8 Å². The summed E-state index contributed by atoms with van der Waals surface area (Å²) >= 11 is 0. The molecule has 0 radical (unpaired) electrons. The molecular formula is C32H25F3N4O4. The molecular weight excluding hydrogens is 561 g/mol. The Morgan fingerprint density at radius 2 is 1.74 bits per heavy atom. The number of aromatic nitrogens is 3. The van der Waals surface area contributed by atoms with Crippen molar-refractivity contribution in [2.45, 2.75) is 33.5 Å². The first-order chi connectivity index (χ1) is 20.5. The average molecular weight is 587 g/mol. The summed E-state index contributed by atoms with van der Waals surface area (Å²) in [4.78, 5) is 32.7. The van der Waals surface area contributed by atoms with E-state index in [9.17, 15) is 28.0 Å². The van der Waals surface area contributed by atoms with E-state index in [4.69, 9.17) is 9.47 Å². The number of nitriles is 1. The van der Waals surface area contributed by atoms with Crippen LogP contribution in [0.2, 0.25) is 0 Å². The highest BCUT2D eigenvalue weighted by Crippen LogP contribution is 2.35. The molecule has 5 aromatic rings. The number of nitrogens with one attached hydrogen (secondary N) is 1. The molecule has 0 aliphatic rings. The van der Waals surface area contributed by atoms with Crippen molar-refractivity contribution < 1.29 is 27.4 Å². The van der Waals surface area contributed by atoms with Gasteiger partial charge in [0, 0.05) is 22.3 Å². The van der Waals surface area contributed by atoms with E-state index < -0.39 is 28.8 Å². The minimum absolute atomic E-state index is 0.0110. The molecule has 3 heterocycles. The van der Waals surface area contributed by atoms with E-state index >= 15 is 0 Å². The SMILES string of the molecule is CCOC(=O)c1cc2cc(Oc3ccc(-c4cc(C(F)(F)F)c(C#N)c(=O)n4Cc4ccc(C)nc4C)cc3)ccc2[nH]1. The van der Waals surface area contributed by atoms with Gasteiger partial charge in [0.2, 0.25) is 0 Å². The minimum atomic E-state index is -4.91. The monoisotopic (exact) mass is 586 g/mol. The predicted molar refractivity (Wildman–Crippen MR) is 153 cm³/mol. The van der Waals surface area contributed by atoms with E-state index in [1.54, 1.807) is 81.4 Å². The van der Waals surface area contributed by atoms with Gasteiger partial charge in [0.15, 0.2) is 0 Å². The third kappa shape index (κ3) is 5.99. The van der Waals surface area contributed by atoms with Crippen molar-refractivity contribution in [1.29, 1.82) is 5.26 Å². The second-order valence-electron chi connectivity index (χ2n) is 9.80. The zero-order chi connectivity index (χ0) is 30.9. The van der Waals surface area contributed by atoms with Gasteiger partial charge in [0.05, 0.1) is 24.4 Å². The van der Waals surface area contributed by atoms with Crippen LogP contribution in [0.25, 0.3) is 22.2 Å². The Balaban J connectivity index is 1.51. The molecule has 218 valence electrons. The van der Waals surface area contributed by atoms with Gasteiger partial charge in [0.1, 0.15) is 28.8 Å². The highest BCUT2D eigenvalue weighted by Gasteiger charge is 2.36. The van der Waals surface area contributed by atoms with Crippen molar-refractivity contribution in [2.24, 2.45) is 0 Å². The summed E-state index contributed by atoms with van der Waals surface area (Å²) in [5.41, 5.74) is 0.00967. The molecule has 0 spiro atoms. The number of rotatable bonds is 7. The van der Waals surface area contributed by atoms with E-state index in [2.05, 4.69) is 9.97 Å². The summed E-state index contributed by atoms with van der Waals surface area (Å²) in [5.74, 6) is 0.383. The third-order valence-corrected chi connectivity index (χ3v) is 6.85. The van der Waals surface area contributed by atoms with Crippen molar-refractivity contribution in [2.75, 3.05) is 6.61 Å². The molecule has 0 atom stereocenters. The number of alkyl halides is 3. The molecule has 0 saturated heterocycles. The molecule has 0 unspecified atom stereocenters. The third-order valence-electron chi connectivity index (χ3n) is 6.85. The molecule has 2 aromatic carbocycles. The van der Waals surface area contributed by atoms with Crippen LogP contribution in [0.15, 0.2) is 71.5 Å². The number of aryl methyl sites for hydroxylation is 2. The number of pyridine rings is 2. The Kier molecular flexibility index (Phi) is 7.78. The maximum Gasteiger partial charge on any atom is 0.417 e. The van der Waals surface area contributed by atoms with Crippen molar-refractivity contribution in [3.05, 3.63) is 111 Å². The fourth-order valence-electron chi connectivity index (χ4n) is 4.75. The first kappa shape index (κ1) is 29.1. The van der Waals surface area contributed by atoms with Gasteiger partial charge in [-0.2, -0.15) is 18.4 Å². The Morgan fingerprint density at radius 3 is 2.40 bits per heavy atom. The quantitative estimate of drug-likeness (QED) is 0.208. The number of halogens is 3. The maximum absolute atomic E-state index is 13.9. The van der Waals surface area contributed by atoms with Crippen LogP contribution in [0.1, 0.15) is 45.5 Å². The Morgan fingerprint density at radius 1 is 1.02 bits per heavy atom. The first-order valence-electron chi connectivity index (χ1n) is 13.2. The topological polar surface area (TPSA) is 110 Å². The van der Waals surface area contributed by atoms with E-state index in [0.29, 0.717) is 39.5 Å². The highest BCUT2D eigenvalue weighted by molar-refractivity contribution is 5.95. The van der Waals surface area contributed by atoms with Crippen LogP contribution in [0, 0.1) is 25.2 Å². The van der Waals surface area contributed by atoms with Gasteiger partial charge < -0.3 is 19.0 Å². The lowest BCUT2D eigenvalue weighted by Crippen LogP contribution is -2.29. The van der Waals surface area contributed by atoms with Crippen LogP contribution in [0.4, 0.5) is 13.2 Å². The lowest BCUT2D eigenvalue weighted by atomic mass is 10.0. The summed E-state index contributed by atoms with van der Waals surface area (Å²) in [6, 6.07) is 18.8. The molecule has 0 fully saturated rings. The normalized spacial score (nSPS) is 11.4. The highest BCUT2D eigenvalue weighted by atomic mass is 19.4. The lowest BCUT2D eigenvalue weighted by molar-refractivity contribution is -0.137. The molecule has 0 aliphatic heterocycles. The van der Waals surface area contributed by atoms with Gasteiger partial charge in [-0.05, 0) is 92.6 Å². The zero-order valence-electron chi connectivity index (χ0n) is 23.4. The van der Waals surface area contributed by atoms with E-state index in [1.165, 1.54) is 6.07 Å². The molecule has 11 heteroatoms. The molecule has 5 rings (SSSR count). The van der Waals surface area contributed by atoms with E-state index in [1.807, 2.05) is 0 Å². The molecule has 0 amide bonds. The van der Waals surface area contributed by atoms with Gasteiger partial charge in [-0.3, -0.25) is 9.78 Å².